The Morgan fingerprint density at radius 2 is 2.00 bits per heavy atom. The number of hydrogen-bond acceptors (Lipinski definition) is 4. The summed E-state index contributed by atoms with van der Waals surface area (Å²) < 4.78 is 33.1. The molecule has 0 saturated carbocycles. The van der Waals surface area contributed by atoms with Crippen LogP contribution in [0.15, 0.2) is 27.6 Å². The lowest BCUT2D eigenvalue weighted by Gasteiger charge is -2.07. The molecular formula is C9H11BrO4S. The maximum absolute atomic E-state index is 11.3. The lowest BCUT2D eigenvalue weighted by atomic mass is 10.3. The van der Waals surface area contributed by atoms with Crippen LogP contribution in [0.4, 0.5) is 0 Å². The fourth-order valence-corrected chi connectivity index (χ4v) is 2.26. The Balaban J connectivity index is 3.06. The van der Waals surface area contributed by atoms with Gasteiger partial charge in [-0.15, -0.1) is 0 Å². The zero-order chi connectivity index (χ0) is 11.5. The summed E-state index contributed by atoms with van der Waals surface area (Å²) >= 11 is 3.21. The van der Waals surface area contributed by atoms with Crippen molar-refractivity contribution in [3.63, 3.8) is 0 Å². The molecule has 0 bridgehead atoms. The number of ether oxygens (including phenoxy) is 2. The van der Waals surface area contributed by atoms with E-state index < -0.39 is 9.84 Å². The molecular weight excluding hydrogens is 284 g/mol. The first-order valence-electron chi connectivity index (χ1n) is 4.06. The molecule has 0 amide bonds. The maximum atomic E-state index is 11.3. The summed E-state index contributed by atoms with van der Waals surface area (Å²) in [4.78, 5) is 0.211. The Morgan fingerprint density at radius 1 is 1.33 bits per heavy atom. The van der Waals surface area contributed by atoms with Crippen LogP contribution in [0.5, 0.6) is 5.75 Å². The van der Waals surface area contributed by atoms with Crippen molar-refractivity contribution >= 4 is 25.8 Å². The van der Waals surface area contributed by atoms with Gasteiger partial charge in [0.2, 0.25) is 0 Å². The third-order valence-electron chi connectivity index (χ3n) is 1.62. The van der Waals surface area contributed by atoms with Gasteiger partial charge in [-0.2, -0.15) is 0 Å². The number of sulfone groups is 1. The molecule has 0 radical (unpaired) electrons. The van der Waals surface area contributed by atoms with E-state index in [4.69, 9.17) is 9.47 Å². The second-order valence-corrected chi connectivity index (χ2v) is 5.88. The molecule has 0 N–H and O–H groups in total. The van der Waals surface area contributed by atoms with Gasteiger partial charge in [-0.05, 0) is 18.2 Å². The predicted octanol–water partition coefficient (Wildman–Crippen LogP) is 1.84. The Morgan fingerprint density at radius 3 is 2.53 bits per heavy atom. The smallest absolute Gasteiger partial charge is 0.188 e. The van der Waals surface area contributed by atoms with E-state index in [0.29, 0.717) is 10.2 Å². The molecule has 6 heteroatoms. The van der Waals surface area contributed by atoms with Crippen molar-refractivity contribution in [2.45, 2.75) is 4.90 Å². The highest BCUT2D eigenvalue weighted by molar-refractivity contribution is 9.10. The van der Waals surface area contributed by atoms with E-state index >= 15 is 0 Å². The molecule has 15 heavy (non-hydrogen) atoms. The van der Waals surface area contributed by atoms with Gasteiger partial charge in [0.15, 0.2) is 16.6 Å². The lowest BCUT2D eigenvalue weighted by molar-refractivity contribution is 0.0509. The third-order valence-corrected chi connectivity index (χ3v) is 3.17. The van der Waals surface area contributed by atoms with Gasteiger partial charge in [-0.25, -0.2) is 8.42 Å². The molecule has 0 saturated heterocycles. The quantitative estimate of drug-likeness (QED) is 0.795. The summed E-state index contributed by atoms with van der Waals surface area (Å²) in [5.74, 6) is 0.451. The molecule has 0 fully saturated rings. The van der Waals surface area contributed by atoms with Crippen LogP contribution in [0.2, 0.25) is 0 Å². The third kappa shape index (κ3) is 3.81. The first-order chi connectivity index (χ1) is 6.93. The van der Waals surface area contributed by atoms with E-state index in [0.717, 1.165) is 6.26 Å². The van der Waals surface area contributed by atoms with Gasteiger partial charge < -0.3 is 9.47 Å². The van der Waals surface area contributed by atoms with Gasteiger partial charge in [0, 0.05) is 17.8 Å². The average Bonchev–Trinajstić information content (AvgIpc) is 2.12. The Labute approximate surface area is 97.2 Å². The molecule has 1 rings (SSSR count). The Bertz CT molecular complexity index is 441. The minimum Gasteiger partial charge on any atom is -0.467 e. The number of rotatable bonds is 4. The van der Waals surface area contributed by atoms with Crippen LogP contribution < -0.4 is 4.74 Å². The molecule has 0 spiro atoms. The van der Waals surface area contributed by atoms with Crippen LogP contribution in [0.3, 0.4) is 0 Å². The fraction of sp³-hybridized carbons (Fsp3) is 0.333. The lowest BCUT2D eigenvalue weighted by Crippen LogP contribution is -2.01. The average molecular weight is 295 g/mol. The standard InChI is InChI=1S/C9H11BrO4S/c1-13-6-14-8-3-7(10)4-9(5-8)15(2,11)12/h3-5H,6H2,1-2H3. The van der Waals surface area contributed by atoms with Crippen molar-refractivity contribution < 1.29 is 17.9 Å². The van der Waals surface area contributed by atoms with E-state index in [1.54, 1.807) is 6.07 Å². The highest BCUT2D eigenvalue weighted by atomic mass is 79.9. The van der Waals surface area contributed by atoms with E-state index in [1.165, 1.54) is 19.2 Å². The van der Waals surface area contributed by atoms with Crippen LogP contribution in [0.25, 0.3) is 0 Å². The minimum atomic E-state index is -3.22. The molecule has 84 valence electrons. The highest BCUT2D eigenvalue weighted by Gasteiger charge is 2.09. The summed E-state index contributed by atoms with van der Waals surface area (Å²) in [6.45, 7) is 0.0830. The van der Waals surface area contributed by atoms with Gasteiger partial charge in [-0.1, -0.05) is 15.9 Å². The largest absolute Gasteiger partial charge is 0.467 e. The molecule has 0 aliphatic heterocycles. The van der Waals surface area contributed by atoms with Crippen molar-refractivity contribution in [3.05, 3.63) is 22.7 Å². The second-order valence-electron chi connectivity index (χ2n) is 2.95. The van der Waals surface area contributed by atoms with Crippen molar-refractivity contribution in [1.29, 1.82) is 0 Å². The van der Waals surface area contributed by atoms with Crippen molar-refractivity contribution in [1.82, 2.24) is 0 Å². The molecule has 0 heterocycles. The van der Waals surface area contributed by atoms with Crippen LogP contribution in [0.1, 0.15) is 0 Å². The van der Waals surface area contributed by atoms with E-state index in [9.17, 15) is 8.42 Å². The van der Waals surface area contributed by atoms with Crippen LogP contribution >= 0.6 is 15.9 Å². The molecule has 0 aliphatic rings. The molecule has 4 nitrogen and oxygen atoms in total. The molecule has 1 aromatic rings. The van der Waals surface area contributed by atoms with Gasteiger partial charge in [0.25, 0.3) is 0 Å². The maximum Gasteiger partial charge on any atom is 0.188 e. The number of halogens is 1. The number of benzene rings is 1. The van der Waals surface area contributed by atoms with Gasteiger partial charge in [0.1, 0.15) is 5.75 Å². The fourth-order valence-electron chi connectivity index (χ4n) is 0.961. The first kappa shape index (κ1) is 12.5. The SMILES string of the molecule is COCOc1cc(Br)cc(S(C)(=O)=O)c1. The zero-order valence-corrected chi connectivity index (χ0v) is 10.8. The summed E-state index contributed by atoms with van der Waals surface area (Å²) in [7, 11) is -1.73. The number of methoxy groups -OCH3 is 1. The monoisotopic (exact) mass is 294 g/mol. The van der Waals surface area contributed by atoms with E-state index in [1.807, 2.05) is 0 Å². The van der Waals surface area contributed by atoms with Crippen molar-refractivity contribution in [2.75, 3.05) is 20.2 Å². The van der Waals surface area contributed by atoms with Crippen molar-refractivity contribution in [3.8, 4) is 5.75 Å². The second kappa shape index (κ2) is 4.96. The van der Waals surface area contributed by atoms with Crippen LogP contribution in [-0.2, 0) is 14.6 Å². The Hall–Kier alpha value is -0.590. The predicted molar refractivity (Wildman–Crippen MR) is 59.8 cm³/mol. The minimum absolute atomic E-state index is 0.0830. The van der Waals surface area contributed by atoms with Gasteiger partial charge in [0.05, 0.1) is 4.90 Å². The van der Waals surface area contributed by atoms with Crippen molar-refractivity contribution in [2.24, 2.45) is 0 Å². The Kier molecular flexibility index (Phi) is 4.12. The van der Waals surface area contributed by atoms with Gasteiger partial charge >= 0.3 is 0 Å². The zero-order valence-electron chi connectivity index (χ0n) is 8.36. The highest BCUT2D eigenvalue weighted by Crippen LogP contribution is 2.24. The number of hydrogen-bond donors (Lipinski definition) is 0. The van der Waals surface area contributed by atoms with Crippen LogP contribution in [0, 0.1) is 0 Å². The first-order valence-corrected chi connectivity index (χ1v) is 6.74. The summed E-state index contributed by atoms with van der Waals surface area (Å²) in [6.07, 6.45) is 1.15. The van der Waals surface area contributed by atoms with Gasteiger partial charge in [-0.3, -0.25) is 0 Å². The topological polar surface area (TPSA) is 52.6 Å². The molecule has 0 atom stereocenters. The van der Waals surface area contributed by atoms with Crippen LogP contribution in [-0.4, -0.2) is 28.6 Å². The summed E-state index contributed by atoms with van der Waals surface area (Å²) in [5, 5.41) is 0. The summed E-state index contributed by atoms with van der Waals surface area (Å²) in [5.41, 5.74) is 0. The summed E-state index contributed by atoms with van der Waals surface area (Å²) in [6, 6.07) is 4.65. The normalized spacial score (nSPS) is 11.4. The molecule has 0 unspecified atom stereocenters. The van der Waals surface area contributed by atoms with E-state index in [2.05, 4.69) is 15.9 Å². The molecule has 0 aliphatic carbocycles. The molecule has 1 aromatic carbocycles. The molecule has 0 aromatic heterocycles. The van der Waals surface area contributed by atoms with E-state index in [-0.39, 0.29) is 11.7 Å².